The Morgan fingerprint density at radius 1 is 0.828 bits per heavy atom. The van der Waals surface area contributed by atoms with E-state index in [2.05, 4.69) is 15.5 Å². The maximum atomic E-state index is 12.6. The number of carbonyl (C=O) groups excluding carboxylic acids is 2. The van der Waals surface area contributed by atoms with Gasteiger partial charge in [-0.25, -0.2) is 0 Å². The summed E-state index contributed by atoms with van der Waals surface area (Å²) in [5, 5.41) is 6.83. The topological polar surface area (TPSA) is 85.1 Å². The average Bonchev–Trinajstić information content (AvgIpc) is 3.25. The van der Waals surface area contributed by atoms with E-state index in [9.17, 15) is 9.59 Å². The molecule has 6 heteroatoms. The molecule has 0 bridgehead atoms. The molecule has 0 fully saturated rings. The number of amides is 1. The number of benzene rings is 3. The second kappa shape index (κ2) is 7.90. The van der Waals surface area contributed by atoms with Crippen LogP contribution in [0.25, 0.3) is 22.8 Å². The van der Waals surface area contributed by atoms with Gasteiger partial charge >= 0.3 is 0 Å². The van der Waals surface area contributed by atoms with E-state index in [0.29, 0.717) is 34.1 Å². The highest BCUT2D eigenvalue weighted by atomic mass is 16.5. The number of nitrogens with zero attached hydrogens (tertiary/aromatic N) is 2. The third-order valence-electron chi connectivity index (χ3n) is 4.38. The maximum absolute atomic E-state index is 12.6. The Bertz CT molecular complexity index is 1170. The number of aromatic nitrogens is 2. The van der Waals surface area contributed by atoms with Gasteiger partial charge in [-0.1, -0.05) is 41.6 Å². The Labute approximate surface area is 167 Å². The summed E-state index contributed by atoms with van der Waals surface area (Å²) < 4.78 is 5.37. The second-order valence-corrected chi connectivity index (χ2v) is 6.46. The van der Waals surface area contributed by atoms with Crippen molar-refractivity contribution in [1.82, 2.24) is 10.1 Å². The Kier molecular flexibility index (Phi) is 4.99. The zero-order chi connectivity index (χ0) is 20.2. The van der Waals surface area contributed by atoms with Crippen molar-refractivity contribution >= 4 is 17.4 Å². The van der Waals surface area contributed by atoms with Gasteiger partial charge in [0.1, 0.15) is 0 Å². The van der Waals surface area contributed by atoms with Crippen LogP contribution in [0.5, 0.6) is 0 Å². The molecule has 142 valence electrons. The Hall–Kier alpha value is -4.06. The van der Waals surface area contributed by atoms with Crippen molar-refractivity contribution in [1.29, 1.82) is 0 Å². The van der Waals surface area contributed by atoms with Gasteiger partial charge in [-0.05, 0) is 49.4 Å². The molecule has 1 amide bonds. The summed E-state index contributed by atoms with van der Waals surface area (Å²) >= 11 is 0. The van der Waals surface area contributed by atoms with E-state index in [1.165, 1.54) is 6.92 Å². The zero-order valence-electron chi connectivity index (χ0n) is 15.6. The molecule has 0 atom stereocenters. The first-order valence-corrected chi connectivity index (χ1v) is 9.02. The van der Waals surface area contributed by atoms with E-state index < -0.39 is 0 Å². The molecule has 1 heterocycles. The Morgan fingerprint density at radius 3 is 2.28 bits per heavy atom. The van der Waals surface area contributed by atoms with Crippen molar-refractivity contribution in [3.8, 4) is 22.8 Å². The first-order valence-electron chi connectivity index (χ1n) is 9.02. The second-order valence-electron chi connectivity index (χ2n) is 6.46. The molecule has 1 N–H and O–H groups in total. The summed E-state index contributed by atoms with van der Waals surface area (Å²) in [6, 6.07) is 23.2. The molecular weight excluding hydrogens is 366 g/mol. The lowest BCUT2D eigenvalue weighted by Gasteiger charge is -2.06. The SMILES string of the molecule is CC(=O)c1ccc(NC(=O)c2cccc(-c3nc(-c4ccccc4)no3)c2)cc1. The van der Waals surface area contributed by atoms with Crippen LogP contribution < -0.4 is 5.32 Å². The minimum absolute atomic E-state index is 0.0231. The standard InChI is InChI=1S/C23H17N3O3/c1-15(27)16-10-12-20(13-11-16)24-22(28)18-8-5-9-19(14-18)23-25-21(26-29-23)17-6-3-2-4-7-17/h2-14H,1H3,(H,24,28). The van der Waals surface area contributed by atoms with Crippen LogP contribution in [0.4, 0.5) is 5.69 Å². The molecule has 3 aromatic carbocycles. The number of nitrogens with one attached hydrogen (secondary N) is 1. The molecule has 0 saturated heterocycles. The molecule has 0 aliphatic heterocycles. The highest BCUT2D eigenvalue weighted by molar-refractivity contribution is 6.05. The maximum Gasteiger partial charge on any atom is 0.258 e. The minimum atomic E-state index is -0.273. The molecule has 0 unspecified atom stereocenters. The predicted octanol–water partition coefficient (Wildman–Crippen LogP) is 4.86. The number of rotatable bonds is 5. The van der Waals surface area contributed by atoms with Gasteiger partial charge in [0.15, 0.2) is 5.78 Å². The van der Waals surface area contributed by atoms with E-state index in [1.54, 1.807) is 48.5 Å². The van der Waals surface area contributed by atoms with Crippen molar-refractivity contribution in [2.45, 2.75) is 6.92 Å². The van der Waals surface area contributed by atoms with Crippen LogP contribution in [0.3, 0.4) is 0 Å². The summed E-state index contributed by atoms with van der Waals surface area (Å²) in [6.45, 7) is 1.50. The monoisotopic (exact) mass is 383 g/mol. The third kappa shape index (κ3) is 4.11. The van der Waals surface area contributed by atoms with Crippen molar-refractivity contribution in [2.75, 3.05) is 5.32 Å². The molecule has 0 spiro atoms. The van der Waals surface area contributed by atoms with E-state index in [0.717, 1.165) is 5.56 Å². The van der Waals surface area contributed by atoms with Crippen LogP contribution in [0.15, 0.2) is 83.4 Å². The van der Waals surface area contributed by atoms with Crippen molar-refractivity contribution in [3.63, 3.8) is 0 Å². The lowest BCUT2D eigenvalue weighted by molar-refractivity contribution is 0.101. The van der Waals surface area contributed by atoms with Crippen molar-refractivity contribution in [3.05, 3.63) is 90.0 Å². The lowest BCUT2D eigenvalue weighted by Crippen LogP contribution is -2.12. The number of hydrogen-bond donors (Lipinski definition) is 1. The molecule has 0 aliphatic carbocycles. The van der Waals surface area contributed by atoms with Gasteiger partial charge in [-0.2, -0.15) is 4.98 Å². The highest BCUT2D eigenvalue weighted by Crippen LogP contribution is 2.23. The normalized spacial score (nSPS) is 10.5. The molecule has 1 aromatic heterocycles. The number of anilines is 1. The Balaban J connectivity index is 1.53. The van der Waals surface area contributed by atoms with Crippen LogP contribution >= 0.6 is 0 Å². The molecular formula is C23H17N3O3. The van der Waals surface area contributed by atoms with Crippen molar-refractivity contribution < 1.29 is 14.1 Å². The molecule has 6 nitrogen and oxygen atoms in total. The number of hydrogen-bond acceptors (Lipinski definition) is 5. The fourth-order valence-corrected chi connectivity index (χ4v) is 2.83. The van der Waals surface area contributed by atoms with E-state index in [1.807, 2.05) is 30.3 Å². The van der Waals surface area contributed by atoms with Gasteiger partial charge in [-0.3, -0.25) is 9.59 Å². The van der Waals surface area contributed by atoms with Gasteiger partial charge in [0.05, 0.1) is 0 Å². The summed E-state index contributed by atoms with van der Waals surface area (Å²) in [7, 11) is 0. The van der Waals surface area contributed by atoms with Gasteiger partial charge in [0.25, 0.3) is 11.8 Å². The van der Waals surface area contributed by atoms with Crippen molar-refractivity contribution in [2.24, 2.45) is 0 Å². The molecule has 0 saturated carbocycles. The molecule has 4 rings (SSSR count). The lowest BCUT2D eigenvalue weighted by atomic mass is 10.1. The fraction of sp³-hybridized carbons (Fsp3) is 0.0435. The molecule has 29 heavy (non-hydrogen) atoms. The summed E-state index contributed by atoms with van der Waals surface area (Å²) in [4.78, 5) is 28.4. The number of carbonyl (C=O) groups is 2. The van der Waals surface area contributed by atoms with E-state index >= 15 is 0 Å². The molecule has 4 aromatic rings. The third-order valence-corrected chi connectivity index (χ3v) is 4.38. The van der Waals surface area contributed by atoms with Gasteiger partial charge < -0.3 is 9.84 Å². The highest BCUT2D eigenvalue weighted by Gasteiger charge is 2.13. The van der Waals surface area contributed by atoms with Crippen LogP contribution in [0, 0.1) is 0 Å². The van der Waals surface area contributed by atoms with Crippen LogP contribution in [-0.4, -0.2) is 21.8 Å². The van der Waals surface area contributed by atoms with Gasteiger partial charge in [0, 0.05) is 27.9 Å². The van der Waals surface area contributed by atoms with Gasteiger partial charge in [-0.15, -0.1) is 0 Å². The summed E-state index contributed by atoms with van der Waals surface area (Å²) in [5.74, 6) is 0.528. The molecule has 0 radical (unpaired) electrons. The van der Waals surface area contributed by atoms with Crippen LogP contribution in [-0.2, 0) is 0 Å². The predicted molar refractivity (Wildman–Crippen MR) is 110 cm³/mol. The average molecular weight is 383 g/mol. The van der Waals surface area contributed by atoms with Crippen LogP contribution in [0.2, 0.25) is 0 Å². The smallest absolute Gasteiger partial charge is 0.258 e. The molecule has 0 aliphatic rings. The first-order chi connectivity index (χ1) is 14.1. The first kappa shape index (κ1) is 18.3. The van der Waals surface area contributed by atoms with Crippen LogP contribution in [0.1, 0.15) is 27.6 Å². The van der Waals surface area contributed by atoms with E-state index in [4.69, 9.17) is 4.52 Å². The number of Topliss-reactive ketones (excluding diaryl/α,β-unsaturated/α-hetero) is 1. The zero-order valence-corrected chi connectivity index (χ0v) is 15.6. The summed E-state index contributed by atoms with van der Waals surface area (Å²) in [5.41, 5.74) is 3.16. The largest absolute Gasteiger partial charge is 0.334 e. The minimum Gasteiger partial charge on any atom is -0.334 e. The fourth-order valence-electron chi connectivity index (χ4n) is 2.83. The van der Waals surface area contributed by atoms with E-state index in [-0.39, 0.29) is 11.7 Å². The Morgan fingerprint density at radius 2 is 1.55 bits per heavy atom. The number of ketones is 1. The van der Waals surface area contributed by atoms with Gasteiger partial charge in [0.2, 0.25) is 5.82 Å². The quantitative estimate of drug-likeness (QED) is 0.498. The summed E-state index contributed by atoms with van der Waals surface area (Å²) in [6.07, 6.45) is 0.